The largest absolute Gasteiger partial charge is 0.508 e. The second-order valence-corrected chi connectivity index (χ2v) is 4.87. The lowest BCUT2D eigenvalue weighted by atomic mass is 10.1. The molecule has 96 valence electrons. The Balaban J connectivity index is 1.89. The molecule has 1 aromatic heterocycles. The summed E-state index contributed by atoms with van der Waals surface area (Å²) in [6.07, 6.45) is 0.868. The Morgan fingerprint density at radius 3 is 2.89 bits per heavy atom. The molecule has 0 bridgehead atoms. The van der Waals surface area contributed by atoms with Crippen molar-refractivity contribution in [3.05, 3.63) is 40.3 Å². The number of aromatic nitrogens is 1. The maximum Gasteiger partial charge on any atom is 0.124 e. The van der Waals surface area contributed by atoms with Crippen molar-refractivity contribution in [2.24, 2.45) is 0 Å². The molecular weight excluding hydrogens is 248 g/mol. The second-order valence-electron chi connectivity index (χ2n) is 4.15. The molecule has 0 saturated heterocycles. The van der Waals surface area contributed by atoms with Crippen LogP contribution >= 0.6 is 11.3 Å². The third-order valence-electron chi connectivity index (χ3n) is 2.80. The zero-order valence-electron chi connectivity index (χ0n) is 10.1. The first-order valence-electron chi connectivity index (χ1n) is 5.79. The van der Waals surface area contributed by atoms with Crippen LogP contribution in [0.1, 0.15) is 24.2 Å². The van der Waals surface area contributed by atoms with Crippen molar-refractivity contribution < 1.29 is 10.2 Å². The van der Waals surface area contributed by atoms with Crippen LogP contribution in [0.25, 0.3) is 0 Å². The molecule has 0 spiro atoms. The summed E-state index contributed by atoms with van der Waals surface area (Å²) in [6, 6.07) is 4.69. The van der Waals surface area contributed by atoms with Gasteiger partial charge in [0.05, 0.1) is 11.2 Å². The molecule has 1 aromatic carbocycles. The van der Waals surface area contributed by atoms with Crippen LogP contribution < -0.4 is 5.32 Å². The third-order valence-corrected chi connectivity index (χ3v) is 3.43. The van der Waals surface area contributed by atoms with E-state index in [0.717, 1.165) is 24.2 Å². The lowest BCUT2D eigenvalue weighted by molar-refractivity contribution is 0.436. The fourth-order valence-electron chi connectivity index (χ4n) is 1.79. The van der Waals surface area contributed by atoms with Crippen LogP contribution in [0.5, 0.6) is 11.5 Å². The Labute approximate surface area is 110 Å². The average Bonchev–Trinajstić information content (AvgIpc) is 2.81. The van der Waals surface area contributed by atoms with E-state index in [2.05, 4.69) is 10.3 Å². The Morgan fingerprint density at radius 2 is 2.22 bits per heavy atom. The van der Waals surface area contributed by atoms with E-state index in [0.29, 0.717) is 0 Å². The molecule has 0 fully saturated rings. The maximum absolute atomic E-state index is 9.73. The highest BCUT2D eigenvalue weighted by atomic mass is 32.1. The van der Waals surface area contributed by atoms with Gasteiger partial charge in [0.15, 0.2) is 0 Å². The van der Waals surface area contributed by atoms with Gasteiger partial charge in [-0.05, 0) is 13.0 Å². The van der Waals surface area contributed by atoms with E-state index in [4.69, 9.17) is 0 Å². The Bertz CT molecular complexity index is 500. The highest BCUT2D eigenvalue weighted by Gasteiger charge is 2.10. The quantitative estimate of drug-likeness (QED) is 0.776. The Kier molecular flexibility index (Phi) is 4.17. The highest BCUT2D eigenvalue weighted by Crippen LogP contribution is 2.27. The molecule has 0 aliphatic rings. The standard InChI is InChI=1S/C13H16N2O2S/c1-9(12-3-2-11(16)6-13(12)17)14-5-4-10-7-18-8-15-10/h2-3,6-9,14,16-17H,4-5H2,1H3. The number of nitrogens with one attached hydrogen (secondary N) is 1. The normalized spacial score (nSPS) is 12.5. The lowest BCUT2D eigenvalue weighted by Crippen LogP contribution is -2.21. The number of phenolic OH excluding ortho intramolecular Hbond substituents is 2. The maximum atomic E-state index is 9.73. The number of aromatic hydroxyl groups is 2. The fraction of sp³-hybridized carbons (Fsp3) is 0.308. The number of benzene rings is 1. The van der Waals surface area contributed by atoms with Crippen LogP contribution in [0.3, 0.4) is 0 Å². The number of hydrogen-bond acceptors (Lipinski definition) is 5. The molecule has 4 nitrogen and oxygen atoms in total. The smallest absolute Gasteiger partial charge is 0.124 e. The molecule has 1 unspecified atom stereocenters. The number of nitrogens with zero attached hydrogens (tertiary/aromatic N) is 1. The van der Waals surface area contributed by atoms with Gasteiger partial charge in [0.25, 0.3) is 0 Å². The van der Waals surface area contributed by atoms with Crippen LogP contribution in [-0.4, -0.2) is 21.7 Å². The number of rotatable bonds is 5. The van der Waals surface area contributed by atoms with Gasteiger partial charge in [0.2, 0.25) is 0 Å². The summed E-state index contributed by atoms with van der Waals surface area (Å²) in [6.45, 7) is 2.78. The minimum atomic E-state index is 0.0317. The van der Waals surface area contributed by atoms with Crippen LogP contribution in [0.4, 0.5) is 0 Å². The molecule has 1 atom stereocenters. The van der Waals surface area contributed by atoms with E-state index >= 15 is 0 Å². The predicted molar refractivity (Wildman–Crippen MR) is 72.0 cm³/mol. The molecule has 0 radical (unpaired) electrons. The minimum absolute atomic E-state index is 0.0317. The van der Waals surface area contributed by atoms with Gasteiger partial charge in [0, 0.05) is 36.0 Å². The molecule has 3 N–H and O–H groups in total. The summed E-state index contributed by atoms with van der Waals surface area (Å²) in [5.41, 5.74) is 3.69. The fourth-order valence-corrected chi connectivity index (χ4v) is 2.38. The van der Waals surface area contributed by atoms with Gasteiger partial charge >= 0.3 is 0 Å². The highest BCUT2D eigenvalue weighted by molar-refractivity contribution is 7.07. The van der Waals surface area contributed by atoms with Crippen molar-refractivity contribution in [1.29, 1.82) is 0 Å². The Hall–Kier alpha value is -1.59. The zero-order chi connectivity index (χ0) is 13.0. The van der Waals surface area contributed by atoms with Gasteiger partial charge in [-0.15, -0.1) is 11.3 Å². The van der Waals surface area contributed by atoms with Gasteiger partial charge in [0.1, 0.15) is 11.5 Å². The summed E-state index contributed by atoms with van der Waals surface area (Å²) in [7, 11) is 0. The van der Waals surface area contributed by atoms with Gasteiger partial charge < -0.3 is 15.5 Å². The van der Waals surface area contributed by atoms with E-state index in [1.807, 2.05) is 17.8 Å². The summed E-state index contributed by atoms with van der Waals surface area (Å²) >= 11 is 1.59. The van der Waals surface area contributed by atoms with Crippen molar-refractivity contribution in [3.63, 3.8) is 0 Å². The number of hydrogen-bond donors (Lipinski definition) is 3. The van der Waals surface area contributed by atoms with Crippen molar-refractivity contribution in [2.45, 2.75) is 19.4 Å². The molecule has 0 amide bonds. The van der Waals surface area contributed by atoms with Crippen LogP contribution in [0.2, 0.25) is 0 Å². The first-order chi connectivity index (χ1) is 8.66. The van der Waals surface area contributed by atoms with Crippen LogP contribution in [0.15, 0.2) is 29.1 Å². The van der Waals surface area contributed by atoms with E-state index in [9.17, 15) is 10.2 Å². The summed E-state index contributed by atoms with van der Waals surface area (Å²) in [4.78, 5) is 4.21. The van der Waals surface area contributed by atoms with E-state index in [1.165, 1.54) is 6.07 Å². The van der Waals surface area contributed by atoms with Crippen LogP contribution in [0, 0.1) is 0 Å². The molecule has 18 heavy (non-hydrogen) atoms. The molecule has 5 heteroatoms. The zero-order valence-corrected chi connectivity index (χ0v) is 10.9. The topological polar surface area (TPSA) is 65.4 Å². The van der Waals surface area contributed by atoms with Gasteiger partial charge in [-0.2, -0.15) is 0 Å². The first-order valence-corrected chi connectivity index (χ1v) is 6.73. The van der Waals surface area contributed by atoms with Gasteiger partial charge in [-0.3, -0.25) is 0 Å². The molecule has 2 aromatic rings. The monoisotopic (exact) mass is 264 g/mol. The van der Waals surface area contributed by atoms with Crippen molar-refractivity contribution in [1.82, 2.24) is 10.3 Å². The van der Waals surface area contributed by atoms with Crippen LogP contribution in [-0.2, 0) is 6.42 Å². The van der Waals surface area contributed by atoms with E-state index in [-0.39, 0.29) is 17.5 Å². The van der Waals surface area contributed by atoms with Gasteiger partial charge in [-0.25, -0.2) is 4.98 Å². The molecular formula is C13H16N2O2S. The van der Waals surface area contributed by atoms with E-state index < -0.39 is 0 Å². The number of phenols is 2. The molecule has 1 heterocycles. The average molecular weight is 264 g/mol. The van der Waals surface area contributed by atoms with Crippen molar-refractivity contribution >= 4 is 11.3 Å². The Morgan fingerprint density at radius 1 is 1.39 bits per heavy atom. The van der Waals surface area contributed by atoms with Crippen molar-refractivity contribution in [2.75, 3.05) is 6.54 Å². The summed E-state index contributed by atoms with van der Waals surface area (Å²) in [5.74, 6) is 0.189. The molecule has 0 saturated carbocycles. The molecule has 0 aliphatic carbocycles. The lowest BCUT2D eigenvalue weighted by Gasteiger charge is -2.15. The first kappa shape index (κ1) is 12.9. The second kappa shape index (κ2) is 5.84. The summed E-state index contributed by atoms with van der Waals surface area (Å²) in [5, 5.41) is 24.3. The molecule has 0 aliphatic heterocycles. The third kappa shape index (κ3) is 3.21. The molecule has 2 rings (SSSR count). The minimum Gasteiger partial charge on any atom is -0.508 e. The predicted octanol–water partition coefficient (Wildman–Crippen LogP) is 2.45. The number of thiazole rings is 1. The van der Waals surface area contributed by atoms with Gasteiger partial charge in [-0.1, -0.05) is 6.07 Å². The van der Waals surface area contributed by atoms with Crippen molar-refractivity contribution in [3.8, 4) is 11.5 Å². The SMILES string of the molecule is CC(NCCc1cscn1)c1ccc(O)cc1O. The summed E-state index contributed by atoms with van der Waals surface area (Å²) < 4.78 is 0. The van der Waals surface area contributed by atoms with E-state index in [1.54, 1.807) is 23.5 Å².